The number of aliphatic hydroxyl groups is 5. The second-order valence-corrected chi connectivity index (χ2v) is 18.7. The Bertz CT molecular complexity index is 1340. The van der Waals surface area contributed by atoms with Crippen molar-refractivity contribution in [2.24, 2.45) is 17.8 Å². The first kappa shape index (κ1) is 51.8. The fourth-order valence-electron chi connectivity index (χ4n) is 9.58. The van der Waals surface area contributed by atoms with Crippen molar-refractivity contribution in [2.75, 3.05) is 47.4 Å². The highest BCUT2D eigenvalue weighted by molar-refractivity contribution is 5.73. The van der Waals surface area contributed by atoms with Crippen molar-refractivity contribution in [3.8, 4) is 6.07 Å². The summed E-state index contributed by atoms with van der Waals surface area (Å²) in [7, 11) is 5.27. The highest BCUT2D eigenvalue weighted by Gasteiger charge is 2.53. The normalized spacial score (nSPS) is 45.0. The molecule has 6 N–H and O–H groups in total. The summed E-state index contributed by atoms with van der Waals surface area (Å²) >= 11 is 0. The summed E-state index contributed by atoms with van der Waals surface area (Å²) in [5.41, 5.74) is -4.51. The predicted octanol–water partition coefficient (Wildman–Crippen LogP) is 2.16. The van der Waals surface area contributed by atoms with Crippen molar-refractivity contribution in [3.05, 3.63) is 0 Å². The van der Waals surface area contributed by atoms with Gasteiger partial charge in [-0.3, -0.25) is 9.69 Å². The van der Waals surface area contributed by atoms with Gasteiger partial charge in [0.15, 0.2) is 12.6 Å². The van der Waals surface area contributed by atoms with E-state index in [2.05, 4.69) is 16.3 Å². The van der Waals surface area contributed by atoms with Crippen LogP contribution in [0.1, 0.15) is 108 Å². The Balaban J connectivity index is 2.17. The lowest BCUT2D eigenvalue weighted by molar-refractivity contribution is -0.318. The topological polar surface area (TPSA) is 216 Å². The van der Waals surface area contributed by atoms with Gasteiger partial charge in [-0.25, -0.2) is 0 Å². The zero-order valence-corrected chi connectivity index (χ0v) is 38.2. The number of likely N-dealkylation sites (N-methyl/N-ethyl adjacent to an activating group) is 1. The first-order valence-electron chi connectivity index (χ1n) is 21.8. The molecule has 0 bridgehead atoms. The average molecular weight is 845 g/mol. The summed E-state index contributed by atoms with van der Waals surface area (Å²) in [4.78, 5) is 18.4. The molecule has 0 radical (unpaired) electrons. The number of aliphatic hydroxyl groups excluding tert-OH is 3. The molecule has 3 fully saturated rings. The smallest absolute Gasteiger partial charge is 0.311 e. The van der Waals surface area contributed by atoms with Crippen molar-refractivity contribution in [2.45, 2.75) is 198 Å². The molecule has 3 aliphatic heterocycles. The number of carbonyl (C=O) groups is 1. The van der Waals surface area contributed by atoms with Gasteiger partial charge in [-0.2, -0.15) is 5.26 Å². The summed E-state index contributed by atoms with van der Waals surface area (Å²) in [5.74, 6) is -2.72. The third-order valence-corrected chi connectivity index (χ3v) is 13.2. The molecule has 3 heterocycles. The Labute approximate surface area is 353 Å². The van der Waals surface area contributed by atoms with Gasteiger partial charge in [-0.1, -0.05) is 20.8 Å². The van der Waals surface area contributed by atoms with Crippen LogP contribution in [0.25, 0.3) is 0 Å². The predicted molar refractivity (Wildman–Crippen MR) is 221 cm³/mol. The van der Waals surface area contributed by atoms with Crippen molar-refractivity contribution in [3.63, 3.8) is 0 Å². The second-order valence-electron chi connectivity index (χ2n) is 18.7. The third-order valence-electron chi connectivity index (χ3n) is 13.2. The second kappa shape index (κ2) is 22.2. The molecule has 18 atom stereocenters. The van der Waals surface area contributed by atoms with Gasteiger partial charge in [0, 0.05) is 51.0 Å². The lowest BCUT2D eigenvalue weighted by Crippen LogP contribution is -2.60. The fourth-order valence-corrected chi connectivity index (χ4v) is 9.58. The Morgan fingerprint density at radius 1 is 0.983 bits per heavy atom. The Morgan fingerprint density at radius 2 is 1.64 bits per heavy atom. The van der Waals surface area contributed by atoms with Crippen LogP contribution >= 0.6 is 0 Å². The number of hydrogen-bond acceptors (Lipinski definition) is 16. The molecule has 0 aliphatic carbocycles. The minimum Gasteiger partial charge on any atom is -0.459 e. The van der Waals surface area contributed by atoms with E-state index < -0.39 is 96.0 Å². The van der Waals surface area contributed by atoms with E-state index in [1.54, 1.807) is 34.6 Å². The van der Waals surface area contributed by atoms with E-state index in [9.17, 15) is 30.3 Å². The summed E-state index contributed by atoms with van der Waals surface area (Å²) in [5, 5.41) is 71.6. The molecule has 3 saturated heterocycles. The largest absolute Gasteiger partial charge is 0.459 e. The first-order chi connectivity index (χ1) is 27.4. The SMILES string of the molecule is CC[C@H]1OC(=O)[C@H](C)[C@@H](O[C@H]2C[C@@](C)(OC)[C@@H](O)[C@H](C)O2)[C@H](C)[C@@H](O[C@@H]2O[C@H](C)C[C@H](N(C)C)[C@H]2O)[C@](C)(O)C[C@@H](C)CN(CCCNCCC#N)[C@H](C)[C@@H](O)[C@]1(C)O. The van der Waals surface area contributed by atoms with E-state index in [1.165, 1.54) is 14.0 Å². The highest BCUT2D eigenvalue weighted by atomic mass is 16.7. The summed E-state index contributed by atoms with van der Waals surface area (Å²) < 4.78 is 37.9. The fraction of sp³-hybridized carbons (Fsp3) is 0.953. The molecule has 3 rings (SSSR count). The molecular formula is C43H80N4O12. The zero-order valence-electron chi connectivity index (χ0n) is 38.2. The number of esters is 1. The third kappa shape index (κ3) is 13.0. The van der Waals surface area contributed by atoms with E-state index in [1.807, 2.05) is 46.7 Å². The van der Waals surface area contributed by atoms with Crippen molar-refractivity contribution >= 4 is 5.97 Å². The number of nitrogens with zero attached hydrogens (tertiary/aromatic N) is 3. The number of nitrogens with one attached hydrogen (secondary N) is 1. The minimum absolute atomic E-state index is 0.117. The van der Waals surface area contributed by atoms with Gasteiger partial charge in [-0.15, -0.1) is 0 Å². The molecule has 16 heteroatoms. The molecule has 0 aromatic rings. The van der Waals surface area contributed by atoms with Gasteiger partial charge in [0.2, 0.25) is 0 Å². The maximum absolute atomic E-state index is 14.4. The first-order valence-corrected chi connectivity index (χ1v) is 21.8. The molecule has 0 saturated carbocycles. The van der Waals surface area contributed by atoms with Gasteiger partial charge in [-0.05, 0) is 107 Å². The van der Waals surface area contributed by atoms with Crippen LogP contribution in [0, 0.1) is 29.1 Å². The van der Waals surface area contributed by atoms with Crippen LogP contribution in [0.2, 0.25) is 0 Å². The molecule has 16 nitrogen and oxygen atoms in total. The highest BCUT2D eigenvalue weighted by Crippen LogP contribution is 2.40. The Morgan fingerprint density at radius 3 is 2.24 bits per heavy atom. The standard InChI is InChI=1S/C43H80N4O12/c1-14-32-43(10,53)36(49)29(6)47(20-16-19-45-18-15-17-44)24-25(2)22-41(8,52)38(59-40-34(48)31(46(11)12)21-26(3)55-40)27(4)35(28(5)39(51)57-32)58-33-23-42(9,54-13)37(50)30(7)56-33/h25-38,40,45,48-50,52-53H,14-16,18-24H2,1-13H3/t25-,26-,27+,28-,29-,30+,31+,32-,33+,34-,35+,36-,37+,38-,40+,41-,42-,43-/m1/s1. The van der Waals surface area contributed by atoms with Crippen LogP contribution in [-0.4, -0.2) is 179 Å². The monoisotopic (exact) mass is 845 g/mol. The molecule has 3 aliphatic rings. The number of hydrogen-bond donors (Lipinski definition) is 6. The molecular weight excluding hydrogens is 764 g/mol. The summed E-state index contributed by atoms with van der Waals surface area (Å²) in [6, 6.07) is 1.24. The van der Waals surface area contributed by atoms with Crippen LogP contribution < -0.4 is 5.32 Å². The van der Waals surface area contributed by atoms with Crippen LogP contribution in [-0.2, 0) is 33.2 Å². The number of cyclic esters (lactones) is 1. The number of methoxy groups -OCH3 is 1. The minimum atomic E-state index is -1.86. The van der Waals surface area contributed by atoms with Crippen LogP contribution in [0.5, 0.6) is 0 Å². The van der Waals surface area contributed by atoms with Gasteiger partial charge in [0.05, 0.1) is 47.6 Å². The molecule has 344 valence electrons. The Kier molecular flexibility index (Phi) is 19.5. The number of ether oxygens (including phenoxy) is 6. The lowest BCUT2D eigenvalue weighted by Gasteiger charge is -2.48. The van der Waals surface area contributed by atoms with Crippen LogP contribution in [0.3, 0.4) is 0 Å². The van der Waals surface area contributed by atoms with E-state index in [0.717, 1.165) is 0 Å². The molecule has 0 unspecified atom stereocenters. The number of rotatable bonds is 13. The van der Waals surface area contributed by atoms with E-state index >= 15 is 0 Å². The van der Waals surface area contributed by atoms with Gasteiger partial charge in [0.1, 0.15) is 30.0 Å². The number of carbonyl (C=O) groups excluding carboxylic acids is 1. The molecule has 59 heavy (non-hydrogen) atoms. The van der Waals surface area contributed by atoms with Gasteiger partial charge < -0.3 is 64.2 Å². The average Bonchev–Trinajstić information content (AvgIpc) is 3.16. The van der Waals surface area contributed by atoms with E-state index in [-0.39, 0.29) is 37.3 Å². The maximum atomic E-state index is 14.4. The van der Waals surface area contributed by atoms with Gasteiger partial charge in [0.25, 0.3) is 0 Å². The molecule has 0 aromatic carbocycles. The summed E-state index contributed by atoms with van der Waals surface area (Å²) in [6.07, 6.45) is -7.53. The zero-order chi connectivity index (χ0) is 44.6. The summed E-state index contributed by atoms with van der Waals surface area (Å²) in [6.45, 7) is 19.8. The Hall–Kier alpha value is -1.56. The van der Waals surface area contributed by atoms with Crippen molar-refractivity contribution in [1.82, 2.24) is 15.1 Å². The van der Waals surface area contributed by atoms with Crippen LogP contribution in [0.4, 0.5) is 0 Å². The molecule has 0 aromatic heterocycles. The van der Waals surface area contributed by atoms with Gasteiger partial charge >= 0.3 is 5.97 Å². The molecule has 0 spiro atoms. The van der Waals surface area contributed by atoms with Crippen molar-refractivity contribution < 1.29 is 58.7 Å². The van der Waals surface area contributed by atoms with Crippen LogP contribution in [0.15, 0.2) is 0 Å². The van der Waals surface area contributed by atoms with E-state index in [0.29, 0.717) is 45.4 Å². The lowest BCUT2D eigenvalue weighted by atomic mass is 9.77. The number of nitriles is 1. The van der Waals surface area contributed by atoms with E-state index in [4.69, 9.17) is 33.7 Å². The molecule has 0 amide bonds. The quantitative estimate of drug-likeness (QED) is 0.116. The van der Waals surface area contributed by atoms with Crippen molar-refractivity contribution in [1.29, 1.82) is 5.26 Å². The maximum Gasteiger partial charge on any atom is 0.311 e.